The lowest BCUT2D eigenvalue weighted by Gasteiger charge is -2.45. The second kappa shape index (κ2) is 13.1. The third-order valence-corrected chi connectivity index (χ3v) is 10.0. The van der Waals surface area contributed by atoms with E-state index < -0.39 is 38.6 Å². The first-order chi connectivity index (χ1) is 22.6. The number of hydrogen-bond donors (Lipinski definition) is 1. The number of carbonyl (C=O) groups is 1. The van der Waals surface area contributed by atoms with Crippen LogP contribution in [0.5, 0.6) is 5.75 Å². The molecular weight excluding hydrogens is 685 g/mol. The Hall–Kier alpha value is -4.11. The number of nitrogens with zero attached hydrogens (tertiary/aromatic N) is 6. The van der Waals surface area contributed by atoms with Crippen LogP contribution in [0.2, 0.25) is 15.1 Å². The summed E-state index contributed by atoms with van der Waals surface area (Å²) in [6.07, 6.45) is 4.97. The molecule has 1 fully saturated rings. The zero-order valence-electron chi connectivity index (χ0n) is 27.1. The molecule has 0 saturated carbocycles. The number of allylic oxidation sites excluding steroid dienone is 2. The van der Waals surface area contributed by atoms with E-state index in [1.807, 2.05) is 63.7 Å². The average Bonchev–Trinajstić information content (AvgIpc) is 3.03. The minimum absolute atomic E-state index is 0.0236. The van der Waals surface area contributed by atoms with Crippen molar-refractivity contribution in [1.29, 1.82) is 5.26 Å². The number of anilines is 1. The number of likely N-dealkylation sites (N-methyl/N-ethyl adjacent to an activating group) is 1. The number of phenolic OH excluding ortho intramolecular Hbond substituents is 1. The van der Waals surface area contributed by atoms with Gasteiger partial charge < -0.3 is 19.8 Å². The van der Waals surface area contributed by atoms with Crippen LogP contribution in [0.15, 0.2) is 41.4 Å². The number of hydrogen-bond acceptors (Lipinski definition) is 7. The Balaban J connectivity index is 1.94. The summed E-state index contributed by atoms with van der Waals surface area (Å²) in [5.41, 5.74) is -0.0476. The zero-order valence-corrected chi connectivity index (χ0v) is 29.3. The van der Waals surface area contributed by atoms with Crippen molar-refractivity contribution < 1.29 is 18.7 Å². The molecule has 1 aromatic carbocycles. The van der Waals surface area contributed by atoms with Crippen LogP contribution in [0, 0.1) is 28.9 Å². The van der Waals surface area contributed by atoms with E-state index in [2.05, 4.69) is 12.6 Å². The summed E-state index contributed by atoms with van der Waals surface area (Å²) >= 11 is 19.2. The standard InChI is InChI=1S/C34H33Cl3F2N6O3/c1-8-22(46)44-17(5)13-43(14-18(44)6)31-19-11-21(35)28(23-24(36)25(37)26(38)27(39)32(23)47)41-33(19)45(34(48)20(31)12-40)30-16(4)9-10-42(7)29(30)15(2)3/h8-11,15,17-18,29,47H,1,13-14H2,2-7H3/t17-,18+,29?. The number of nitriles is 1. The molecule has 4 heterocycles. The van der Waals surface area contributed by atoms with Gasteiger partial charge in [-0.15, -0.1) is 0 Å². The predicted molar refractivity (Wildman–Crippen MR) is 185 cm³/mol. The van der Waals surface area contributed by atoms with Gasteiger partial charge in [0.15, 0.2) is 11.6 Å². The molecule has 14 heteroatoms. The fraction of sp³-hybridized carbons (Fsp3) is 0.353. The van der Waals surface area contributed by atoms with Crippen LogP contribution in [-0.4, -0.2) is 68.6 Å². The first kappa shape index (κ1) is 35.2. The van der Waals surface area contributed by atoms with Crippen molar-refractivity contribution >= 4 is 63.1 Å². The second-order valence-electron chi connectivity index (χ2n) is 12.4. The van der Waals surface area contributed by atoms with Crippen molar-refractivity contribution in [2.75, 3.05) is 25.0 Å². The minimum atomic E-state index is -1.65. The fourth-order valence-electron chi connectivity index (χ4n) is 6.91. The first-order valence-electron chi connectivity index (χ1n) is 15.1. The predicted octanol–water partition coefficient (Wildman–Crippen LogP) is 7.21. The summed E-state index contributed by atoms with van der Waals surface area (Å²) in [6, 6.07) is 2.55. The highest BCUT2D eigenvalue weighted by Crippen LogP contribution is 2.47. The molecule has 1 amide bonds. The highest BCUT2D eigenvalue weighted by atomic mass is 35.5. The summed E-state index contributed by atoms with van der Waals surface area (Å²) in [5.74, 6) is -4.64. The zero-order chi connectivity index (χ0) is 35.5. The van der Waals surface area contributed by atoms with Gasteiger partial charge in [-0.1, -0.05) is 55.2 Å². The lowest BCUT2D eigenvalue weighted by molar-refractivity contribution is -0.130. The summed E-state index contributed by atoms with van der Waals surface area (Å²) in [4.78, 5) is 37.6. The number of aromatic nitrogens is 2. The number of rotatable bonds is 5. The van der Waals surface area contributed by atoms with E-state index in [1.165, 1.54) is 16.7 Å². The molecule has 2 aromatic heterocycles. The number of pyridine rings is 2. The maximum absolute atomic E-state index is 14.8. The van der Waals surface area contributed by atoms with Crippen LogP contribution in [0.4, 0.5) is 14.5 Å². The molecule has 2 aliphatic heterocycles. The molecule has 252 valence electrons. The van der Waals surface area contributed by atoms with E-state index in [4.69, 9.17) is 39.8 Å². The normalized spacial score (nSPS) is 19.8. The molecule has 0 bridgehead atoms. The molecule has 5 rings (SSSR count). The van der Waals surface area contributed by atoms with Gasteiger partial charge >= 0.3 is 0 Å². The van der Waals surface area contributed by atoms with Gasteiger partial charge in [0.25, 0.3) is 5.56 Å². The number of piperazine rings is 1. The number of amides is 1. The van der Waals surface area contributed by atoms with Gasteiger partial charge in [-0.3, -0.25) is 14.2 Å². The van der Waals surface area contributed by atoms with Gasteiger partial charge in [0.05, 0.1) is 43.8 Å². The van der Waals surface area contributed by atoms with E-state index in [9.17, 15) is 28.7 Å². The van der Waals surface area contributed by atoms with E-state index in [1.54, 1.807) is 4.90 Å². The van der Waals surface area contributed by atoms with Gasteiger partial charge in [0.1, 0.15) is 17.3 Å². The molecular formula is C34H33Cl3F2N6O3. The van der Waals surface area contributed by atoms with Crippen LogP contribution in [0.1, 0.15) is 40.2 Å². The summed E-state index contributed by atoms with van der Waals surface area (Å²) in [7, 11) is 1.87. The van der Waals surface area contributed by atoms with Crippen LogP contribution >= 0.6 is 34.8 Å². The summed E-state index contributed by atoms with van der Waals surface area (Å²) < 4.78 is 30.6. The second-order valence-corrected chi connectivity index (χ2v) is 13.6. The number of fused-ring (bicyclic) bond motifs is 1. The SMILES string of the molecule is C=CC(=O)N1[C@H](C)CN(c2c(C#N)c(=O)n(C3=C(C)C=CN(C)C3C(C)C)c3nc(-c4c(O)c(F)c(F)c(Cl)c4Cl)c(Cl)cc23)C[C@@H]1C. The summed E-state index contributed by atoms with van der Waals surface area (Å²) in [6.45, 7) is 13.6. The molecule has 1 saturated heterocycles. The van der Waals surface area contributed by atoms with Crippen LogP contribution in [0.25, 0.3) is 28.0 Å². The molecule has 1 N–H and O–H groups in total. The molecule has 0 radical (unpaired) electrons. The smallest absolute Gasteiger partial charge is 0.276 e. The third kappa shape index (κ3) is 5.50. The Morgan fingerprint density at radius 3 is 2.35 bits per heavy atom. The maximum Gasteiger partial charge on any atom is 0.276 e. The highest BCUT2D eigenvalue weighted by molar-refractivity contribution is 6.44. The fourth-order valence-corrected chi connectivity index (χ4v) is 7.59. The Morgan fingerprint density at radius 1 is 1.17 bits per heavy atom. The van der Waals surface area contributed by atoms with Crippen molar-refractivity contribution in [3.63, 3.8) is 0 Å². The number of phenols is 1. The van der Waals surface area contributed by atoms with Crippen molar-refractivity contribution in [1.82, 2.24) is 19.4 Å². The van der Waals surface area contributed by atoms with Crippen LogP contribution in [-0.2, 0) is 4.79 Å². The van der Waals surface area contributed by atoms with Crippen molar-refractivity contribution in [2.24, 2.45) is 5.92 Å². The van der Waals surface area contributed by atoms with Gasteiger partial charge in [-0.2, -0.15) is 9.65 Å². The largest absolute Gasteiger partial charge is 0.504 e. The number of halogens is 5. The molecule has 9 nitrogen and oxygen atoms in total. The average molecular weight is 718 g/mol. The van der Waals surface area contributed by atoms with Crippen LogP contribution in [0.3, 0.4) is 0 Å². The third-order valence-electron chi connectivity index (χ3n) is 8.89. The van der Waals surface area contributed by atoms with Gasteiger partial charge in [-0.25, -0.2) is 9.37 Å². The Kier molecular flexibility index (Phi) is 9.58. The molecule has 2 aliphatic rings. The maximum atomic E-state index is 14.8. The lowest BCUT2D eigenvalue weighted by Crippen LogP contribution is -2.58. The van der Waals surface area contributed by atoms with E-state index >= 15 is 0 Å². The Morgan fingerprint density at radius 2 is 1.79 bits per heavy atom. The van der Waals surface area contributed by atoms with Gasteiger partial charge in [-0.05, 0) is 56.7 Å². The lowest BCUT2D eigenvalue weighted by atomic mass is 9.93. The van der Waals surface area contributed by atoms with Gasteiger partial charge in [0, 0.05) is 37.6 Å². The quantitative estimate of drug-likeness (QED) is 0.169. The van der Waals surface area contributed by atoms with Gasteiger partial charge in [0.2, 0.25) is 11.7 Å². The molecule has 0 aliphatic carbocycles. The number of aromatic hydroxyl groups is 1. The number of carbonyl (C=O) groups excluding carboxylic acids is 1. The topological polar surface area (TPSA) is 106 Å². The molecule has 0 spiro atoms. The minimum Gasteiger partial charge on any atom is -0.504 e. The van der Waals surface area contributed by atoms with Crippen molar-refractivity contribution in [2.45, 2.75) is 52.7 Å². The highest BCUT2D eigenvalue weighted by Gasteiger charge is 2.37. The van der Waals surface area contributed by atoms with E-state index in [0.29, 0.717) is 11.1 Å². The van der Waals surface area contributed by atoms with E-state index in [0.717, 1.165) is 5.57 Å². The Bertz CT molecular complexity index is 2010. The molecule has 3 aromatic rings. The monoisotopic (exact) mass is 716 g/mol. The van der Waals surface area contributed by atoms with Crippen molar-refractivity contribution in [3.8, 4) is 23.1 Å². The van der Waals surface area contributed by atoms with Crippen molar-refractivity contribution in [3.05, 3.63) is 79.2 Å². The summed E-state index contributed by atoms with van der Waals surface area (Å²) in [5, 5.41) is 20.1. The van der Waals surface area contributed by atoms with Crippen LogP contribution < -0.4 is 10.5 Å². The molecule has 48 heavy (non-hydrogen) atoms. The first-order valence-corrected chi connectivity index (χ1v) is 16.3. The Labute approximate surface area is 291 Å². The van der Waals surface area contributed by atoms with E-state index in [-0.39, 0.29) is 70.7 Å². The number of benzene rings is 1. The molecule has 1 unspecified atom stereocenters. The molecule has 3 atom stereocenters.